The minimum absolute atomic E-state index is 0.0367. The molecule has 3 aromatic heterocycles. The maximum Gasteiger partial charge on any atom is 0.340 e. The third-order valence-corrected chi connectivity index (χ3v) is 7.99. The molecule has 1 amide bonds. The number of carbonyl (C=O) groups excluding carboxylic acids is 2. The fraction of sp³-hybridized carbons (Fsp3) is 0.483. The molecular weight excluding hydrogens is 512 g/mol. The number of pyridine rings is 3. The second-order valence-corrected chi connectivity index (χ2v) is 11.4. The number of aromatic nitrogens is 3. The molecule has 6 rings (SSSR count). The van der Waals surface area contributed by atoms with Crippen molar-refractivity contribution in [2.75, 3.05) is 32.1 Å². The lowest BCUT2D eigenvalue weighted by Crippen LogP contribution is -2.56. The summed E-state index contributed by atoms with van der Waals surface area (Å²) < 4.78 is 17.0. The number of esters is 1. The number of anilines is 2. The Bertz CT molecular complexity index is 1480. The molecule has 11 nitrogen and oxygen atoms in total. The van der Waals surface area contributed by atoms with Crippen molar-refractivity contribution in [3.8, 4) is 5.88 Å². The number of hydrogen-bond acceptors (Lipinski definition) is 10. The molecule has 0 radical (unpaired) electrons. The molecule has 1 saturated heterocycles. The number of amides is 1. The van der Waals surface area contributed by atoms with Crippen LogP contribution < -0.4 is 15.8 Å². The highest BCUT2D eigenvalue weighted by molar-refractivity contribution is 5.93. The van der Waals surface area contributed by atoms with Gasteiger partial charge < -0.3 is 30.2 Å². The molecule has 0 spiro atoms. The van der Waals surface area contributed by atoms with E-state index in [9.17, 15) is 9.59 Å². The van der Waals surface area contributed by atoms with Gasteiger partial charge in [-0.25, -0.2) is 19.7 Å². The monoisotopic (exact) mass is 546 g/mol. The molecular formula is C29H34N6O5. The molecule has 1 aliphatic carbocycles. The Morgan fingerprint density at radius 1 is 1.18 bits per heavy atom. The zero-order chi connectivity index (χ0) is 28.2. The number of methoxy groups -OCH3 is 1. The molecule has 0 aromatic carbocycles. The van der Waals surface area contributed by atoms with Crippen LogP contribution in [0.15, 0.2) is 30.6 Å². The second kappa shape index (κ2) is 9.97. The Labute approximate surface area is 232 Å². The highest BCUT2D eigenvalue weighted by Crippen LogP contribution is 2.36. The van der Waals surface area contributed by atoms with Crippen molar-refractivity contribution in [3.05, 3.63) is 47.4 Å². The summed E-state index contributed by atoms with van der Waals surface area (Å²) in [4.78, 5) is 40.4. The van der Waals surface area contributed by atoms with Gasteiger partial charge in [-0.05, 0) is 50.3 Å². The molecule has 3 aromatic rings. The lowest BCUT2D eigenvalue weighted by molar-refractivity contribution is -0.141. The molecule has 1 unspecified atom stereocenters. The number of nitrogens with one attached hydrogen (secondary N) is 1. The normalized spacial score (nSPS) is 22.2. The number of cyclic esters (lactones) is 1. The van der Waals surface area contributed by atoms with Crippen LogP contribution in [-0.2, 0) is 19.8 Å². The Morgan fingerprint density at radius 3 is 2.67 bits per heavy atom. The Balaban J connectivity index is 1.30. The minimum atomic E-state index is -0.822. The molecule has 0 bridgehead atoms. The smallest absolute Gasteiger partial charge is 0.340 e. The van der Waals surface area contributed by atoms with Gasteiger partial charge in [-0.15, -0.1) is 0 Å². The summed E-state index contributed by atoms with van der Waals surface area (Å²) in [5.41, 5.74) is 7.79. The van der Waals surface area contributed by atoms with Crippen molar-refractivity contribution < 1.29 is 23.8 Å². The molecule has 1 saturated carbocycles. The molecule has 2 fully saturated rings. The van der Waals surface area contributed by atoms with E-state index in [1.165, 1.54) is 0 Å². The molecule has 40 heavy (non-hydrogen) atoms. The van der Waals surface area contributed by atoms with Crippen molar-refractivity contribution in [2.45, 2.75) is 57.3 Å². The fourth-order valence-corrected chi connectivity index (χ4v) is 5.30. The SMILES string of the molecule is COCC(C)(N)c1cnc(OC2CN(C(=O)C3CC3)C2)c2cnc(Nc3ccc4c(n3)[C@@H](C)[C@H](C)OC4=O)cc12. The van der Waals surface area contributed by atoms with Crippen LogP contribution in [0.3, 0.4) is 0 Å². The predicted octanol–water partition coefficient (Wildman–Crippen LogP) is 3.25. The quantitative estimate of drug-likeness (QED) is 0.404. The fourth-order valence-electron chi connectivity index (χ4n) is 5.30. The maximum absolute atomic E-state index is 12.3. The van der Waals surface area contributed by atoms with Gasteiger partial charge in [-0.1, -0.05) is 6.92 Å². The van der Waals surface area contributed by atoms with Crippen LogP contribution in [0.2, 0.25) is 0 Å². The van der Waals surface area contributed by atoms with Crippen LogP contribution >= 0.6 is 0 Å². The summed E-state index contributed by atoms with van der Waals surface area (Å²) in [5, 5.41) is 4.80. The van der Waals surface area contributed by atoms with Crippen molar-refractivity contribution in [3.63, 3.8) is 0 Å². The number of nitrogens with two attached hydrogens (primary N) is 1. The van der Waals surface area contributed by atoms with Gasteiger partial charge in [0.2, 0.25) is 11.8 Å². The third kappa shape index (κ3) is 4.84. The molecule has 3 aliphatic rings. The van der Waals surface area contributed by atoms with E-state index in [0.717, 1.165) is 23.8 Å². The van der Waals surface area contributed by atoms with Crippen LogP contribution in [0.1, 0.15) is 61.1 Å². The predicted molar refractivity (Wildman–Crippen MR) is 147 cm³/mol. The second-order valence-electron chi connectivity index (χ2n) is 11.4. The Morgan fingerprint density at radius 2 is 1.95 bits per heavy atom. The first-order valence-corrected chi connectivity index (χ1v) is 13.7. The van der Waals surface area contributed by atoms with E-state index in [1.54, 1.807) is 31.6 Å². The summed E-state index contributed by atoms with van der Waals surface area (Å²) in [6.07, 6.45) is 5.02. The van der Waals surface area contributed by atoms with E-state index < -0.39 is 5.54 Å². The van der Waals surface area contributed by atoms with Crippen LogP contribution in [0.5, 0.6) is 5.88 Å². The number of fused-ring (bicyclic) bond motifs is 2. The summed E-state index contributed by atoms with van der Waals surface area (Å²) >= 11 is 0. The lowest BCUT2D eigenvalue weighted by Gasteiger charge is -2.39. The number of hydrogen-bond donors (Lipinski definition) is 2. The minimum Gasteiger partial charge on any atom is -0.470 e. The average molecular weight is 547 g/mol. The maximum atomic E-state index is 12.3. The first kappa shape index (κ1) is 26.4. The van der Waals surface area contributed by atoms with Gasteiger partial charge in [0.05, 0.1) is 41.9 Å². The van der Waals surface area contributed by atoms with E-state index in [2.05, 4.69) is 15.3 Å². The number of carbonyl (C=O) groups is 2. The summed E-state index contributed by atoms with van der Waals surface area (Å²) in [5.74, 6) is 1.58. The van der Waals surface area contributed by atoms with Crippen molar-refractivity contribution in [1.82, 2.24) is 19.9 Å². The van der Waals surface area contributed by atoms with E-state index in [-0.39, 0.29) is 42.5 Å². The standard InChI is InChI=1S/C29H34N6O5/c1-15-16(2)39-28(37)19-7-8-23(34-25(15)19)33-24-9-20-21(10-31-24)26(32-11-22(20)29(3,30)14-38-4)40-18-12-35(13-18)27(36)17-5-6-17/h7-11,15-18H,5-6,12-14,30H2,1-4H3,(H,31,33,34)/t15-,16-,29?/m0/s1. The first-order chi connectivity index (χ1) is 19.1. The van der Waals surface area contributed by atoms with E-state index in [1.807, 2.05) is 31.7 Å². The summed E-state index contributed by atoms with van der Waals surface area (Å²) in [7, 11) is 1.61. The first-order valence-electron chi connectivity index (χ1n) is 13.7. The zero-order valence-corrected chi connectivity index (χ0v) is 23.1. The van der Waals surface area contributed by atoms with Crippen molar-refractivity contribution in [1.29, 1.82) is 0 Å². The van der Waals surface area contributed by atoms with Gasteiger partial charge in [0.15, 0.2) is 0 Å². The van der Waals surface area contributed by atoms with Crippen molar-refractivity contribution in [2.24, 2.45) is 11.7 Å². The van der Waals surface area contributed by atoms with Crippen LogP contribution in [-0.4, -0.2) is 70.7 Å². The van der Waals surface area contributed by atoms with Gasteiger partial charge in [0.1, 0.15) is 23.8 Å². The molecule has 3 N–H and O–H groups in total. The van der Waals surface area contributed by atoms with Gasteiger partial charge in [0.25, 0.3) is 0 Å². The highest BCUT2D eigenvalue weighted by atomic mass is 16.5. The molecule has 210 valence electrons. The largest absolute Gasteiger partial charge is 0.470 e. The van der Waals surface area contributed by atoms with Gasteiger partial charge in [-0.2, -0.15) is 0 Å². The highest BCUT2D eigenvalue weighted by Gasteiger charge is 2.40. The molecule has 3 atom stereocenters. The summed E-state index contributed by atoms with van der Waals surface area (Å²) in [6.45, 7) is 7.14. The number of likely N-dealkylation sites (tertiary alicyclic amines) is 1. The Kier molecular flexibility index (Phi) is 6.58. The van der Waals surface area contributed by atoms with Crippen LogP contribution in [0.25, 0.3) is 10.8 Å². The summed E-state index contributed by atoms with van der Waals surface area (Å²) in [6, 6.07) is 5.36. The number of rotatable bonds is 8. The zero-order valence-electron chi connectivity index (χ0n) is 23.1. The third-order valence-electron chi connectivity index (χ3n) is 7.99. The Hall–Kier alpha value is -3.83. The van der Waals surface area contributed by atoms with Gasteiger partial charge >= 0.3 is 5.97 Å². The topological polar surface area (TPSA) is 142 Å². The number of nitrogens with zero attached hydrogens (tertiary/aromatic N) is 4. The molecule has 11 heteroatoms. The van der Waals surface area contributed by atoms with Gasteiger partial charge in [0, 0.05) is 36.9 Å². The average Bonchev–Trinajstić information content (AvgIpc) is 3.74. The molecule has 5 heterocycles. The van der Waals surface area contributed by atoms with Crippen LogP contribution in [0.4, 0.5) is 11.6 Å². The van der Waals surface area contributed by atoms with E-state index >= 15 is 0 Å². The van der Waals surface area contributed by atoms with Gasteiger partial charge in [-0.3, -0.25) is 4.79 Å². The van der Waals surface area contributed by atoms with E-state index in [0.29, 0.717) is 47.2 Å². The number of ether oxygens (including phenoxy) is 3. The molecule has 2 aliphatic heterocycles. The van der Waals surface area contributed by atoms with Crippen LogP contribution in [0, 0.1) is 5.92 Å². The lowest BCUT2D eigenvalue weighted by atomic mass is 9.91. The van der Waals surface area contributed by atoms with E-state index in [4.69, 9.17) is 24.9 Å². The van der Waals surface area contributed by atoms with Crippen molar-refractivity contribution >= 4 is 34.3 Å².